The first kappa shape index (κ1) is 14.4. The zero-order valence-electron chi connectivity index (χ0n) is 13.1. The molecule has 0 spiro atoms. The smallest absolute Gasteiger partial charge is 0.0243 e. The summed E-state index contributed by atoms with van der Waals surface area (Å²) in [5, 5.41) is 4.47. The Morgan fingerprint density at radius 3 is 2.59 bits per heavy atom. The molecule has 1 fully saturated rings. The van der Waals surface area contributed by atoms with E-state index >= 15 is 0 Å². The van der Waals surface area contributed by atoms with Crippen LogP contribution < -0.4 is 0 Å². The minimum Gasteiger partial charge on any atom is -0.298 e. The van der Waals surface area contributed by atoms with E-state index in [-0.39, 0.29) is 0 Å². The van der Waals surface area contributed by atoms with Crippen molar-refractivity contribution in [2.45, 2.75) is 31.8 Å². The van der Waals surface area contributed by atoms with Crippen molar-refractivity contribution in [2.24, 2.45) is 0 Å². The van der Waals surface area contributed by atoms with Crippen LogP contribution in [0.2, 0.25) is 0 Å². The Balaban J connectivity index is 1.32. The van der Waals surface area contributed by atoms with E-state index in [1.54, 1.807) is 11.1 Å². The molecule has 1 aromatic heterocycles. The molecule has 2 heterocycles. The highest BCUT2D eigenvalue weighted by molar-refractivity contribution is 7.07. The largest absolute Gasteiger partial charge is 0.298 e. The van der Waals surface area contributed by atoms with Gasteiger partial charge in [-0.15, -0.1) is 0 Å². The summed E-state index contributed by atoms with van der Waals surface area (Å²) in [6.07, 6.45) is 3.85. The monoisotopic (exact) mass is 312 g/mol. The Morgan fingerprint density at radius 1 is 1.00 bits per heavy atom. The molecule has 116 valence electrons. The highest BCUT2D eigenvalue weighted by Crippen LogP contribution is 2.25. The third-order valence-corrected chi connectivity index (χ3v) is 5.96. The van der Waals surface area contributed by atoms with Crippen molar-refractivity contribution in [1.82, 2.24) is 9.80 Å². The summed E-state index contributed by atoms with van der Waals surface area (Å²) >= 11 is 1.81. The topological polar surface area (TPSA) is 6.48 Å². The molecule has 0 saturated carbocycles. The number of hydrogen-bond acceptors (Lipinski definition) is 3. The fraction of sp³-hybridized carbons (Fsp3) is 0.474. The lowest BCUT2D eigenvalue weighted by atomic mass is 9.87. The second-order valence-electron chi connectivity index (χ2n) is 6.61. The Kier molecular flexibility index (Phi) is 4.28. The van der Waals surface area contributed by atoms with E-state index < -0.39 is 0 Å². The highest BCUT2D eigenvalue weighted by atomic mass is 32.1. The van der Waals surface area contributed by atoms with Crippen molar-refractivity contribution < 1.29 is 0 Å². The molecule has 4 rings (SSSR count). The van der Waals surface area contributed by atoms with E-state index in [4.69, 9.17) is 0 Å². The van der Waals surface area contributed by atoms with Crippen LogP contribution in [0, 0.1) is 0 Å². The molecule has 0 unspecified atom stereocenters. The number of rotatable bonds is 3. The molecule has 1 aliphatic heterocycles. The number of piperazine rings is 1. The number of aryl methyl sites for hydroxylation is 1. The summed E-state index contributed by atoms with van der Waals surface area (Å²) < 4.78 is 0. The summed E-state index contributed by atoms with van der Waals surface area (Å²) in [6.45, 7) is 6.03. The first-order valence-corrected chi connectivity index (χ1v) is 9.37. The van der Waals surface area contributed by atoms with Crippen molar-refractivity contribution in [3.05, 3.63) is 57.8 Å². The van der Waals surface area contributed by atoms with Crippen LogP contribution in [0.5, 0.6) is 0 Å². The average molecular weight is 312 g/mol. The predicted octanol–water partition coefficient (Wildman–Crippen LogP) is 3.42. The van der Waals surface area contributed by atoms with Gasteiger partial charge in [-0.05, 0) is 52.8 Å². The van der Waals surface area contributed by atoms with Gasteiger partial charge in [0.05, 0.1) is 0 Å². The van der Waals surface area contributed by atoms with Gasteiger partial charge in [-0.25, -0.2) is 0 Å². The molecular formula is C19H24N2S. The van der Waals surface area contributed by atoms with Crippen molar-refractivity contribution in [3.8, 4) is 0 Å². The summed E-state index contributed by atoms with van der Waals surface area (Å²) in [5.74, 6) is 0. The second kappa shape index (κ2) is 6.53. The molecule has 0 radical (unpaired) electrons. The minimum atomic E-state index is 0.762. The zero-order chi connectivity index (χ0) is 14.8. The number of hydrogen-bond donors (Lipinski definition) is 0. The van der Waals surface area contributed by atoms with Crippen molar-refractivity contribution >= 4 is 11.3 Å². The van der Waals surface area contributed by atoms with Crippen molar-refractivity contribution in [1.29, 1.82) is 0 Å². The highest BCUT2D eigenvalue weighted by Gasteiger charge is 2.27. The van der Waals surface area contributed by atoms with Gasteiger partial charge in [0.1, 0.15) is 0 Å². The van der Waals surface area contributed by atoms with E-state index in [2.05, 4.69) is 50.9 Å². The summed E-state index contributed by atoms with van der Waals surface area (Å²) in [5.41, 5.74) is 4.64. The van der Waals surface area contributed by atoms with Gasteiger partial charge in [0.15, 0.2) is 0 Å². The van der Waals surface area contributed by atoms with Crippen LogP contribution in [0.15, 0.2) is 41.1 Å². The number of benzene rings is 1. The molecule has 3 heteroatoms. The quantitative estimate of drug-likeness (QED) is 0.857. The molecule has 0 N–H and O–H groups in total. The van der Waals surface area contributed by atoms with Crippen molar-refractivity contribution in [2.75, 3.05) is 26.2 Å². The Labute approximate surface area is 137 Å². The van der Waals surface area contributed by atoms with Crippen LogP contribution >= 0.6 is 11.3 Å². The second-order valence-corrected chi connectivity index (χ2v) is 7.39. The van der Waals surface area contributed by atoms with E-state index in [0.717, 1.165) is 12.6 Å². The lowest BCUT2D eigenvalue weighted by Crippen LogP contribution is -2.51. The molecule has 1 atom stereocenters. The molecule has 0 amide bonds. The van der Waals surface area contributed by atoms with Gasteiger partial charge in [-0.3, -0.25) is 9.80 Å². The molecule has 1 saturated heterocycles. The van der Waals surface area contributed by atoms with Gasteiger partial charge in [-0.2, -0.15) is 11.3 Å². The molecule has 1 aromatic carbocycles. The normalized spacial score (nSPS) is 23.4. The van der Waals surface area contributed by atoms with Gasteiger partial charge >= 0.3 is 0 Å². The standard InChI is InChI=1S/C19H24N2S/c1-2-4-18-13-19(6-5-17(18)3-1)21-10-8-20(9-11-21)14-16-7-12-22-15-16/h1-4,7,12,15,19H,5-6,8-11,13-14H2/t19-/m0/s1. The maximum absolute atomic E-state index is 2.74. The molecule has 2 nitrogen and oxygen atoms in total. The van der Waals surface area contributed by atoms with Gasteiger partial charge in [-0.1, -0.05) is 24.3 Å². The SMILES string of the molecule is c1ccc2c(c1)CC[C@H](N1CCN(Cc3ccsc3)CC1)C2. The van der Waals surface area contributed by atoms with E-state index in [0.29, 0.717) is 0 Å². The van der Waals surface area contributed by atoms with Crippen LogP contribution in [0.4, 0.5) is 0 Å². The van der Waals surface area contributed by atoms with Crippen LogP contribution in [0.3, 0.4) is 0 Å². The predicted molar refractivity (Wildman–Crippen MR) is 93.4 cm³/mol. The third kappa shape index (κ3) is 3.12. The Bertz CT molecular complexity index is 600. The maximum Gasteiger partial charge on any atom is 0.0243 e. The van der Waals surface area contributed by atoms with Crippen LogP contribution in [-0.4, -0.2) is 42.0 Å². The van der Waals surface area contributed by atoms with Gasteiger partial charge in [0, 0.05) is 38.8 Å². The van der Waals surface area contributed by atoms with Gasteiger partial charge in [0.25, 0.3) is 0 Å². The van der Waals surface area contributed by atoms with E-state index in [1.807, 2.05) is 11.3 Å². The van der Waals surface area contributed by atoms with Gasteiger partial charge < -0.3 is 0 Å². The number of fused-ring (bicyclic) bond motifs is 1. The fourth-order valence-corrected chi connectivity index (χ4v) is 4.58. The average Bonchev–Trinajstić information content (AvgIpc) is 3.08. The number of nitrogens with zero attached hydrogens (tertiary/aromatic N) is 2. The maximum atomic E-state index is 2.74. The Hall–Kier alpha value is -1.16. The molecular weight excluding hydrogens is 288 g/mol. The first-order chi connectivity index (χ1) is 10.9. The summed E-state index contributed by atoms with van der Waals surface area (Å²) in [4.78, 5) is 5.34. The van der Waals surface area contributed by atoms with Crippen LogP contribution in [-0.2, 0) is 19.4 Å². The van der Waals surface area contributed by atoms with Gasteiger partial charge in [0.2, 0.25) is 0 Å². The molecule has 0 bridgehead atoms. The minimum absolute atomic E-state index is 0.762. The third-order valence-electron chi connectivity index (χ3n) is 5.23. The molecule has 2 aromatic rings. The molecule has 1 aliphatic carbocycles. The number of thiophene rings is 1. The van der Waals surface area contributed by atoms with Crippen LogP contribution in [0.1, 0.15) is 23.1 Å². The summed E-state index contributed by atoms with van der Waals surface area (Å²) in [7, 11) is 0. The summed E-state index contributed by atoms with van der Waals surface area (Å²) in [6, 6.07) is 12.0. The fourth-order valence-electron chi connectivity index (χ4n) is 3.92. The lowest BCUT2D eigenvalue weighted by Gasteiger charge is -2.41. The Morgan fingerprint density at radius 2 is 1.82 bits per heavy atom. The van der Waals surface area contributed by atoms with E-state index in [1.165, 1.54) is 51.0 Å². The van der Waals surface area contributed by atoms with Crippen molar-refractivity contribution in [3.63, 3.8) is 0 Å². The van der Waals surface area contributed by atoms with E-state index in [9.17, 15) is 0 Å². The molecule has 2 aliphatic rings. The van der Waals surface area contributed by atoms with Crippen LogP contribution in [0.25, 0.3) is 0 Å². The first-order valence-electron chi connectivity index (χ1n) is 8.43. The zero-order valence-corrected chi connectivity index (χ0v) is 13.9. The lowest BCUT2D eigenvalue weighted by molar-refractivity contribution is 0.0857. The molecule has 22 heavy (non-hydrogen) atoms.